The minimum Gasteiger partial charge on any atom is -0.494 e. The van der Waals surface area contributed by atoms with Crippen LogP contribution in [-0.2, 0) is 0 Å². The molecule has 3 nitrogen and oxygen atoms in total. The van der Waals surface area contributed by atoms with Gasteiger partial charge in [0, 0.05) is 25.0 Å². The molecule has 0 radical (unpaired) electrons. The SMILES string of the molecule is CCOc1cccc([C@H]2CN(C)C[C@H]2N)c1. The molecule has 0 aliphatic carbocycles. The van der Waals surface area contributed by atoms with Gasteiger partial charge in [-0.2, -0.15) is 0 Å². The third-order valence-electron chi connectivity index (χ3n) is 3.14. The number of ether oxygens (including phenoxy) is 1. The molecule has 0 unspecified atom stereocenters. The summed E-state index contributed by atoms with van der Waals surface area (Å²) < 4.78 is 5.51. The summed E-state index contributed by atoms with van der Waals surface area (Å²) in [6.07, 6.45) is 0. The van der Waals surface area contributed by atoms with E-state index in [0.717, 1.165) is 18.8 Å². The highest BCUT2D eigenvalue weighted by Gasteiger charge is 2.29. The third-order valence-corrected chi connectivity index (χ3v) is 3.14. The Hall–Kier alpha value is -1.06. The van der Waals surface area contributed by atoms with Crippen LogP contribution < -0.4 is 10.5 Å². The normalized spacial score (nSPS) is 25.9. The van der Waals surface area contributed by atoms with E-state index in [2.05, 4.69) is 24.1 Å². The van der Waals surface area contributed by atoms with Crippen LogP contribution >= 0.6 is 0 Å². The number of benzene rings is 1. The van der Waals surface area contributed by atoms with Gasteiger partial charge in [0.25, 0.3) is 0 Å². The van der Waals surface area contributed by atoms with E-state index < -0.39 is 0 Å². The van der Waals surface area contributed by atoms with E-state index in [-0.39, 0.29) is 6.04 Å². The third kappa shape index (κ3) is 2.36. The fourth-order valence-corrected chi connectivity index (χ4v) is 2.39. The van der Waals surface area contributed by atoms with Crippen LogP contribution in [0.2, 0.25) is 0 Å². The van der Waals surface area contributed by atoms with Crippen molar-refractivity contribution in [3.63, 3.8) is 0 Å². The first-order valence-corrected chi connectivity index (χ1v) is 5.87. The van der Waals surface area contributed by atoms with Crippen molar-refractivity contribution >= 4 is 0 Å². The van der Waals surface area contributed by atoms with Gasteiger partial charge < -0.3 is 15.4 Å². The summed E-state index contributed by atoms with van der Waals surface area (Å²) in [6, 6.07) is 8.55. The highest BCUT2D eigenvalue weighted by Crippen LogP contribution is 2.27. The number of nitrogens with two attached hydrogens (primary N) is 1. The van der Waals surface area contributed by atoms with Crippen molar-refractivity contribution in [3.8, 4) is 5.75 Å². The average Bonchev–Trinajstić information content (AvgIpc) is 2.59. The Morgan fingerprint density at radius 3 is 2.88 bits per heavy atom. The van der Waals surface area contributed by atoms with Gasteiger partial charge >= 0.3 is 0 Å². The van der Waals surface area contributed by atoms with E-state index in [1.54, 1.807) is 0 Å². The summed E-state index contributed by atoms with van der Waals surface area (Å²) in [5, 5.41) is 0. The maximum Gasteiger partial charge on any atom is 0.119 e. The molecule has 0 amide bonds. The van der Waals surface area contributed by atoms with Crippen LogP contribution in [0.3, 0.4) is 0 Å². The van der Waals surface area contributed by atoms with Gasteiger partial charge in [0.2, 0.25) is 0 Å². The highest BCUT2D eigenvalue weighted by molar-refractivity contribution is 5.32. The second-order valence-corrected chi connectivity index (χ2v) is 4.50. The second kappa shape index (κ2) is 4.85. The number of hydrogen-bond acceptors (Lipinski definition) is 3. The standard InChI is InChI=1S/C13H20N2O/c1-3-16-11-6-4-5-10(7-11)12-8-15(2)9-13(12)14/h4-7,12-13H,3,8-9,14H2,1-2H3/t12-,13-/m1/s1. The molecule has 3 heteroatoms. The fraction of sp³-hybridized carbons (Fsp3) is 0.538. The molecule has 2 atom stereocenters. The molecule has 2 rings (SSSR count). The number of likely N-dealkylation sites (N-methyl/N-ethyl adjacent to an activating group) is 1. The summed E-state index contributed by atoms with van der Waals surface area (Å²) in [4.78, 5) is 2.28. The van der Waals surface area contributed by atoms with E-state index in [1.165, 1.54) is 5.56 Å². The van der Waals surface area contributed by atoms with Crippen LogP contribution in [0.15, 0.2) is 24.3 Å². The average molecular weight is 220 g/mol. The first-order valence-electron chi connectivity index (χ1n) is 5.87. The van der Waals surface area contributed by atoms with Gasteiger partial charge in [0.1, 0.15) is 5.75 Å². The maximum atomic E-state index is 6.14. The second-order valence-electron chi connectivity index (χ2n) is 4.50. The van der Waals surface area contributed by atoms with E-state index >= 15 is 0 Å². The predicted octanol–water partition coefficient (Wildman–Crippen LogP) is 1.44. The van der Waals surface area contributed by atoms with Crippen molar-refractivity contribution in [2.45, 2.75) is 18.9 Å². The lowest BCUT2D eigenvalue weighted by Crippen LogP contribution is -2.27. The van der Waals surface area contributed by atoms with Crippen molar-refractivity contribution in [2.75, 3.05) is 26.7 Å². The van der Waals surface area contributed by atoms with Crippen molar-refractivity contribution in [1.29, 1.82) is 0 Å². The smallest absolute Gasteiger partial charge is 0.119 e. The topological polar surface area (TPSA) is 38.5 Å². The van der Waals surface area contributed by atoms with Crippen LogP contribution in [0.1, 0.15) is 18.4 Å². The monoisotopic (exact) mass is 220 g/mol. The minimum atomic E-state index is 0.238. The minimum absolute atomic E-state index is 0.238. The zero-order chi connectivity index (χ0) is 11.5. The maximum absolute atomic E-state index is 6.14. The van der Waals surface area contributed by atoms with Crippen LogP contribution in [-0.4, -0.2) is 37.7 Å². The van der Waals surface area contributed by atoms with E-state index in [0.29, 0.717) is 12.5 Å². The number of hydrogen-bond donors (Lipinski definition) is 1. The van der Waals surface area contributed by atoms with Crippen molar-refractivity contribution in [2.24, 2.45) is 5.73 Å². The van der Waals surface area contributed by atoms with Gasteiger partial charge in [-0.3, -0.25) is 0 Å². The molecule has 1 heterocycles. The molecule has 0 aromatic heterocycles. The van der Waals surface area contributed by atoms with Crippen LogP contribution in [0.25, 0.3) is 0 Å². The lowest BCUT2D eigenvalue weighted by molar-refractivity contribution is 0.339. The van der Waals surface area contributed by atoms with Gasteiger partial charge in [-0.05, 0) is 31.7 Å². The lowest BCUT2D eigenvalue weighted by atomic mass is 9.95. The zero-order valence-electron chi connectivity index (χ0n) is 10.0. The predicted molar refractivity (Wildman–Crippen MR) is 65.8 cm³/mol. The lowest BCUT2D eigenvalue weighted by Gasteiger charge is -2.15. The molecule has 0 spiro atoms. The van der Waals surface area contributed by atoms with Gasteiger partial charge in [0.05, 0.1) is 6.61 Å². The molecule has 2 N–H and O–H groups in total. The molecule has 1 aromatic rings. The molecule has 88 valence electrons. The number of likely N-dealkylation sites (tertiary alicyclic amines) is 1. The van der Waals surface area contributed by atoms with Crippen LogP contribution in [0.4, 0.5) is 0 Å². The van der Waals surface area contributed by atoms with E-state index in [1.807, 2.05) is 19.1 Å². The van der Waals surface area contributed by atoms with Gasteiger partial charge in [-0.1, -0.05) is 12.1 Å². The molecule has 16 heavy (non-hydrogen) atoms. The Morgan fingerprint density at radius 1 is 1.44 bits per heavy atom. The summed E-state index contributed by atoms with van der Waals surface area (Å²) in [6.45, 7) is 4.72. The van der Waals surface area contributed by atoms with Gasteiger partial charge in [-0.15, -0.1) is 0 Å². The first-order chi connectivity index (χ1) is 7.70. The molecule has 0 saturated carbocycles. The Kier molecular flexibility index (Phi) is 3.46. The molecular weight excluding hydrogens is 200 g/mol. The Balaban J connectivity index is 2.16. The van der Waals surface area contributed by atoms with Crippen molar-refractivity contribution in [1.82, 2.24) is 4.90 Å². The zero-order valence-corrected chi connectivity index (χ0v) is 10.0. The van der Waals surface area contributed by atoms with Gasteiger partial charge in [0.15, 0.2) is 0 Å². The number of rotatable bonds is 3. The van der Waals surface area contributed by atoms with Crippen LogP contribution in [0.5, 0.6) is 5.75 Å². The fourth-order valence-electron chi connectivity index (χ4n) is 2.39. The summed E-state index contributed by atoms with van der Waals surface area (Å²) in [5.41, 5.74) is 7.44. The Bertz CT molecular complexity index is 354. The molecule has 1 aliphatic heterocycles. The number of nitrogens with zero attached hydrogens (tertiary/aromatic N) is 1. The molecule has 0 bridgehead atoms. The first kappa shape index (κ1) is 11.4. The largest absolute Gasteiger partial charge is 0.494 e. The Labute approximate surface area is 97.2 Å². The quantitative estimate of drug-likeness (QED) is 0.837. The van der Waals surface area contributed by atoms with Crippen molar-refractivity contribution < 1.29 is 4.74 Å². The molecule has 1 saturated heterocycles. The van der Waals surface area contributed by atoms with Crippen LogP contribution in [0, 0.1) is 0 Å². The summed E-state index contributed by atoms with van der Waals surface area (Å²) in [7, 11) is 2.12. The van der Waals surface area contributed by atoms with E-state index in [4.69, 9.17) is 10.5 Å². The molecule has 1 fully saturated rings. The Morgan fingerprint density at radius 2 is 2.25 bits per heavy atom. The molecule has 1 aliphatic rings. The highest BCUT2D eigenvalue weighted by atomic mass is 16.5. The van der Waals surface area contributed by atoms with Crippen molar-refractivity contribution in [3.05, 3.63) is 29.8 Å². The van der Waals surface area contributed by atoms with E-state index in [9.17, 15) is 0 Å². The molecular formula is C13H20N2O. The van der Waals surface area contributed by atoms with Gasteiger partial charge in [-0.25, -0.2) is 0 Å². The summed E-state index contributed by atoms with van der Waals surface area (Å²) >= 11 is 0. The summed E-state index contributed by atoms with van der Waals surface area (Å²) in [5.74, 6) is 1.38. The molecule has 1 aromatic carbocycles.